The molecule has 2 rings (SSSR count). The summed E-state index contributed by atoms with van der Waals surface area (Å²) in [5.41, 5.74) is 5.15. The molecule has 1 aromatic rings. The van der Waals surface area contributed by atoms with Crippen molar-refractivity contribution in [3.63, 3.8) is 0 Å². The van der Waals surface area contributed by atoms with Crippen LogP contribution >= 0.6 is 0 Å². The summed E-state index contributed by atoms with van der Waals surface area (Å²) >= 11 is 0. The third kappa shape index (κ3) is 1.61. The van der Waals surface area contributed by atoms with Crippen LogP contribution in [0.15, 0.2) is 48.0 Å². The fourth-order valence-electron chi connectivity index (χ4n) is 1.88. The van der Waals surface area contributed by atoms with E-state index in [1.54, 1.807) is 13.2 Å². The first-order chi connectivity index (χ1) is 7.67. The van der Waals surface area contributed by atoms with Gasteiger partial charge < -0.3 is 4.74 Å². The molecule has 2 heteroatoms. The van der Waals surface area contributed by atoms with Crippen molar-refractivity contribution in [2.75, 3.05) is 7.11 Å². The second kappa shape index (κ2) is 4.06. The Morgan fingerprint density at radius 2 is 2.25 bits per heavy atom. The van der Waals surface area contributed by atoms with Crippen LogP contribution < -0.4 is 0 Å². The monoisotopic (exact) mass is 213 g/mol. The maximum atomic E-state index is 5.34. The minimum absolute atomic E-state index is 0.206. The van der Waals surface area contributed by atoms with Crippen LogP contribution in [0.25, 0.3) is 0 Å². The molecule has 0 bridgehead atoms. The molecule has 16 heavy (non-hydrogen) atoms. The van der Waals surface area contributed by atoms with Gasteiger partial charge in [0.2, 0.25) is 0 Å². The zero-order valence-corrected chi connectivity index (χ0v) is 9.66. The van der Waals surface area contributed by atoms with Crippen LogP contribution in [0.2, 0.25) is 0 Å². The lowest BCUT2D eigenvalue weighted by Crippen LogP contribution is -2.00. The predicted octanol–water partition coefficient (Wildman–Crippen LogP) is 3.18. The van der Waals surface area contributed by atoms with Crippen molar-refractivity contribution in [2.24, 2.45) is 4.99 Å². The van der Waals surface area contributed by atoms with Crippen LogP contribution in [-0.2, 0) is 4.74 Å². The number of rotatable bonds is 3. The van der Waals surface area contributed by atoms with E-state index in [0.717, 1.165) is 22.4 Å². The normalized spacial score (nSPS) is 17.9. The van der Waals surface area contributed by atoms with E-state index in [2.05, 4.69) is 43.3 Å². The lowest BCUT2D eigenvalue weighted by atomic mass is 9.99. The standard InChI is InChI=1S/C14H15NO/c1-5-10(3)13-12-8-9(2)6-7-11(12)14(15-13)16-4/h5-8,14H,1,3H2,2,4H3/t14-/m1/s1. The van der Waals surface area contributed by atoms with Gasteiger partial charge in [0, 0.05) is 18.2 Å². The van der Waals surface area contributed by atoms with Crippen molar-refractivity contribution in [1.29, 1.82) is 0 Å². The Hall–Kier alpha value is -1.67. The van der Waals surface area contributed by atoms with Crippen LogP contribution in [0, 0.1) is 6.92 Å². The van der Waals surface area contributed by atoms with Gasteiger partial charge in [-0.15, -0.1) is 0 Å². The second-order valence-electron chi connectivity index (χ2n) is 3.89. The quantitative estimate of drug-likeness (QED) is 0.707. The molecule has 0 aliphatic carbocycles. The molecule has 0 radical (unpaired) electrons. The molecule has 0 unspecified atom stereocenters. The van der Waals surface area contributed by atoms with Crippen LogP contribution in [0.3, 0.4) is 0 Å². The van der Waals surface area contributed by atoms with Crippen molar-refractivity contribution in [3.8, 4) is 0 Å². The fraction of sp³-hybridized carbons (Fsp3) is 0.214. The maximum absolute atomic E-state index is 5.34. The summed E-state index contributed by atoms with van der Waals surface area (Å²) in [4.78, 5) is 4.51. The van der Waals surface area contributed by atoms with E-state index in [0.29, 0.717) is 0 Å². The smallest absolute Gasteiger partial charge is 0.175 e. The number of aliphatic imine (C=N–C) groups is 1. The van der Waals surface area contributed by atoms with Crippen molar-refractivity contribution < 1.29 is 4.74 Å². The molecule has 0 N–H and O–H groups in total. The number of aryl methyl sites for hydroxylation is 1. The molecule has 1 aliphatic rings. The number of allylic oxidation sites excluding steroid dienone is 2. The molecule has 0 fully saturated rings. The highest BCUT2D eigenvalue weighted by Gasteiger charge is 2.25. The van der Waals surface area contributed by atoms with E-state index in [9.17, 15) is 0 Å². The van der Waals surface area contributed by atoms with E-state index in [-0.39, 0.29) is 6.23 Å². The number of methoxy groups -OCH3 is 1. The Labute approximate surface area is 96.0 Å². The molecule has 1 heterocycles. The van der Waals surface area contributed by atoms with Crippen LogP contribution in [0.1, 0.15) is 22.9 Å². The number of hydrogen-bond donors (Lipinski definition) is 0. The number of fused-ring (bicyclic) bond motifs is 1. The Bertz CT molecular complexity index is 486. The SMILES string of the molecule is C=CC(=C)C1=N[C@H](OC)c2ccc(C)cc21. The number of hydrogen-bond acceptors (Lipinski definition) is 2. The molecule has 0 aromatic heterocycles. The van der Waals surface area contributed by atoms with E-state index in [4.69, 9.17) is 4.74 Å². The third-order valence-electron chi connectivity index (χ3n) is 2.75. The van der Waals surface area contributed by atoms with Gasteiger partial charge in [-0.2, -0.15) is 0 Å². The molecule has 0 saturated heterocycles. The number of benzene rings is 1. The lowest BCUT2D eigenvalue weighted by Gasteiger charge is -2.07. The van der Waals surface area contributed by atoms with Gasteiger partial charge in [-0.1, -0.05) is 36.9 Å². The molecular weight excluding hydrogens is 198 g/mol. The highest BCUT2D eigenvalue weighted by molar-refractivity contribution is 6.16. The first-order valence-electron chi connectivity index (χ1n) is 5.20. The summed E-state index contributed by atoms with van der Waals surface area (Å²) in [6.45, 7) is 9.74. The summed E-state index contributed by atoms with van der Waals surface area (Å²) in [5.74, 6) is 0. The lowest BCUT2D eigenvalue weighted by molar-refractivity contribution is 0.114. The molecule has 2 nitrogen and oxygen atoms in total. The van der Waals surface area contributed by atoms with Gasteiger partial charge in [0.15, 0.2) is 6.23 Å². The van der Waals surface area contributed by atoms with E-state index in [1.165, 1.54) is 5.56 Å². The molecule has 1 aliphatic heterocycles. The second-order valence-corrected chi connectivity index (χ2v) is 3.89. The summed E-state index contributed by atoms with van der Waals surface area (Å²) in [6.07, 6.45) is 1.52. The molecule has 0 spiro atoms. The number of nitrogens with zero attached hydrogens (tertiary/aromatic N) is 1. The summed E-state index contributed by atoms with van der Waals surface area (Å²) in [6, 6.07) is 6.24. The van der Waals surface area contributed by atoms with Crippen molar-refractivity contribution in [2.45, 2.75) is 13.2 Å². The first kappa shape index (κ1) is 10.8. The van der Waals surface area contributed by atoms with E-state index in [1.807, 2.05) is 0 Å². The van der Waals surface area contributed by atoms with Crippen molar-refractivity contribution in [1.82, 2.24) is 0 Å². The minimum Gasteiger partial charge on any atom is -0.355 e. The third-order valence-corrected chi connectivity index (χ3v) is 2.75. The largest absolute Gasteiger partial charge is 0.355 e. The molecule has 0 saturated carbocycles. The van der Waals surface area contributed by atoms with Gasteiger partial charge >= 0.3 is 0 Å². The zero-order chi connectivity index (χ0) is 11.7. The Morgan fingerprint density at radius 3 is 2.88 bits per heavy atom. The van der Waals surface area contributed by atoms with E-state index < -0.39 is 0 Å². The summed E-state index contributed by atoms with van der Waals surface area (Å²) < 4.78 is 5.34. The zero-order valence-electron chi connectivity index (χ0n) is 9.66. The topological polar surface area (TPSA) is 21.6 Å². The Balaban J connectivity index is 2.55. The van der Waals surface area contributed by atoms with E-state index >= 15 is 0 Å². The maximum Gasteiger partial charge on any atom is 0.175 e. The highest BCUT2D eigenvalue weighted by atomic mass is 16.5. The summed E-state index contributed by atoms with van der Waals surface area (Å²) in [5, 5.41) is 0. The van der Waals surface area contributed by atoms with Crippen LogP contribution in [-0.4, -0.2) is 12.8 Å². The van der Waals surface area contributed by atoms with Crippen LogP contribution in [0.5, 0.6) is 0 Å². The van der Waals surface area contributed by atoms with Gasteiger partial charge in [0.05, 0.1) is 5.71 Å². The van der Waals surface area contributed by atoms with Crippen molar-refractivity contribution in [3.05, 3.63) is 59.7 Å². The fourth-order valence-corrected chi connectivity index (χ4v) is 1.88. The molecule has 0 amide bonds. The van der Waals surface area contributed by atoms with Gasteiger partial charge in [0.1, 0.15) is 0 Å². The predicted molar refractivity (Wildman–Crippen MR) is 66.8 cm³/mol. The van der Waals surface area contributed by atoms with Gasteiger partial charge in [-0.3, -0.25) is 0 Å². The van der Waals surface area contributed by atoms with Gasteiger partial charge in [0.25, 0.3) is 0 Å². The highest BCUT2D eigenvalue weighted by Crippen LogP contribution is 2.32. The average Bonchev–Trinajstić information content (AvgIpc) is 2.66. The first-order valence-corrected chi connectivity index (χ1v) is 5.20. The summed E-state index contributed by atoms with van der Waals surface area (Å²) in [7, 11) is 1.66. The van der Waals surface area contributed by atoms with Crippen molar-refractivity contribution >= 4 is 5.71 Å². The average molecular weight is 213 g/mol. The molecular formula is C14H15NO. The Kier molecular flexibility index (Phi) is 2.75. The molecule has 1 aromatic carbocycles. The number of ether oxygens (including phenoxy) is 1. The molecule has 82 valence electrons. The minimum atomic E-state index is -0.206. The van der Waals surface area contributed by atoms with Gasteiger partial charge in [-0.25, -0.2) is 4.99 Å². The van der Waals surface area contributed by atoms with Gasteiger partial charge in [-0.05, 0) is 18.6 Å². The Morgan fingerprint density at radius 1 is 1.50 bits per heavy atom. The van der Waals surface area contributed by atoms with Crippen LogP contribution in [0.4, 0.5) is 0 Å². The molecule has 1 atom stereocenters.